The highest BCUT2D eigenvalue weighted by Gasteiger charge is 2.07. The molecule has 0 amide bonds. The number of nitrogens with zero attached hydrogens (tertiary/aromatic N) is 1. The number of rotatable bonds is 4. The molecule has 1 aromatic carbocycles. The van der Waals surface area contributed by atoms with Crippen molar-refractivity contribution in [3.05, 3.63) is 57.8 Å². The first kappa shape index (κ1) is 14.2. The molecule has 0 saturated heterocycles. The summed E-state index contributed by atoms with van der Waals surface area (Å²) in [6.45, 7) is 0. The van der Waals surface area contributed by atoms with Crippen LogP contribution in [0.2, 0.25) is 10.0 Å². The van der Waals surface area contributed by atoms with Gasteiger partial charge in [0.25, 0.3) is 0 Å². The number of hydrogen-bond acceptors (Lipinski definition) is 3. The van der Waals surface area contributed by atoms with Gasteiger partial charge in [-0.1, -0.05) is 35.3 Å². The molecule has 0 radical (unpaired) electrons. The zero-order chi connectivity index (χ0) is 13.8. The molecule has 1 N–H and O–H groups in total. The lowest BCUT2D eigenvalue weighted by molar-refractivity contribution is 0.0690. The summed E-state index contributed by atoms with van der Waals surface area (Å²) < 4.78 is 0. The average molecular weight is 314 g/mol. The van der Waals surface area contributed by atoms with Crippen LogP contribution in [-0.4, -0.2) is 16.1 Å². The SMILES string of the molecule is O=C(O)c1cc(SCc2cccc(Cl)c2Cl)ccn1. The zero-order valence-corrected chi connectivity index (χ0v) is 12.0. The van der Waals surface area contributed by atoms with Crippen LogP contribution in [0.5, 0.6) is 0 Å². The fourth-order valence-electron chi connectivity index (χ4n) is 1.44. The van der Waals surface area contributed by atoms with Crippen LogP contribution < -0.4 is 0 Å². The minimum atomic E-state index is -1.04. The van der Waals surface area contributed by atoms with Crippen molar-refractivity contribution in [1.82, 2.24) is 4.98 Å². The summed E-state index contributed by atoms with van der Waals surface area (Å²) in [6.07, 6.45) is 1.48. The van der Waals surface area contributed by atoms with E-state index in [1.54, 1.807) is 12.1 Å². The molecule has 0 spiro atoms. The van der Waals surface area contributed by atoms with Crippen LogP contribution in [0.15, 0.2) is 41.4 Å². The third kappa shape index (κ3) is 3.62. The third-order valence-electron chi connectivity index (χ3n) is 2.38. The maximum absolute atomic E-state index is 10.8. The number of benzene rings is 1. The number of aromatic carboxylic acids is 1. The van der Waals surface area contributed by atoms with Gasteiger partial charge in [0.15, 0.2) is 0 Å². The Morgan fingerprint density at radius 3 is 2.84 bits per heavy atom. The standard InChI is InChI=1S/C13H9Cl2NO2S/c14-10-3-1-2-8(12(10)15)7-19-9-4-5-16-11(6-9)13(17)18/h1-6H,7H2,(H,17,18). The molecule has 1 aromatic heterocycles. The first-order valence-electron chi connectivity index (χ1n) is 5.33. The van der Waals surface area contributed by atoms with Crippen molar-refractivity contribution >= 4 is 40.9 Å². The van der Waals surface area contributed by atoms with E-state index in [0.717, 1.165) is 10.5 Å². The molecule has 0 unspecified atom stereocenters. The van der Waals surface area contributed by atoms with Crippen molar-refractivity contribution < 1.29 is 9.90 Å². The second-order valence-corrected chi connectivity index (χ2v) is 5.52. The van der Waals surface area contributed by atoms with Crippen molar-refractivity contribution in [1.29, 1.82) is 0 Å². The highest BCUT2D eigenvalue weighted by Crippen LogP contribution is 2.31. The molecule has 0 atom stereocenters. The summed E-state index contributed by atoms with van der Waals surface area (Å²) >= 11 is 13.5. The first-order valence-corrected chi connectivity index (χ1v) is 7.07. The minimum Gasteiger partial charge on any atom is -0.477 e. The summed E-state index contributed by atoms with van der Waals surface area (Å²) in [5.74, 6) is -0.425. The smallest absolute Gasteiger partial charge is 0.354 e. The highest BCUT2D eigenvalue weighted by atomic mass is 35.5. The Hall–Kier alpha value is -1.23. The van der Waals surface area contributed by atoms with Crippen LogP contribution in [0.1, 0.15) is 16.1 Å². The molecule has 98 valence electrons. The molecule has 0 aliphatic rings. The summed E-state index contributed by atoms with van der Waals surface area (Å²) in [4.78, 5) is 15.4. The number of aromatic nitrogens is 1. The molecule has 6 heteroatoms. The van der Waals surface area contributed by atoms with E-state index >= 15 is 0 Å². The van der Waals surface area contributed by atoms with Gasteiger partial charge in [-0.3, -0.25) is 0 Å². The predicted octanol–water partition coefficient (Wildman–Crippen LogP) is 4.38. The van der Waals surface area contributed by atoms with Gasteiger partial charge < -0.3 is 5.11 Å². The van der Waals surface area contributed by atoms with Gasteiger partial charge in [-0.2, -0.15) is 0 Å². The van der Waals surface area contributed by atoms with E-state index in [1.807, 2.05) is 12.1 Å². The Bertz CT molecular complexity index is 619. The number of hydrogen-bond donors (Lipinski definition) is 1. The molecule has 19 heavy (non-hydrogen) atoms. The van der Waals surface area contributed by atoms with Crippen LogP contribution in [0, 0.1) is 0 Å². The van der Waals surface area contributed by atoms with Crippen molar-refractivity contribution in [2.24, 2.45) is 0 Å². The van der Waals surface area contributed by atoms with Gasteiger partial charge in [-0.25, -0.2) is 9.78 Å². The second-order valence-electron chi connectivity index (χ2n) is 3.68. The third-order valence-corrected chi connectivity index (χ3v) is 4.28. The van der Waals surface area contributed by atoms with Gasteiger partial charge in [0, 0.05) is 16.8 Å². The van der Waals surface area contributed by atoms with Crippen LogP contribution in [0.3, 0.4) is 0 Å². The molecule has 0 bridgehead atoms. The quantitative estimate of drug-likeness (QED) is 0.851. The summed E-state index contributed by atoms with van der Waals surface area (Å²) in [5, 5.41) is 9.91. The number of carboxylic acid groups (broad SMARTS) is 1. The van der Waals surface area contributed by atoms with Crippen molar-refractivity contribution in [2.45, 2.75) is 10.6 Å². The first-order chi connectivity index (χ1) is 9.08. The molecule has 0 fully saturated rings. The lowest BCUT2D eigenvalue weighted by Gasteiger charge is -2.06. The van der Waals surface area contributed by atoms with E-state index in [9.17, 15) is 4.79 Å². The number of thioether (sulfide) groups is 1. The molecular formula is C13H9Cl2NO2S. The van der Waals surface area contributed by atoms with E-state index in [1.165, 1.54) is 24.0 Å². The number of pyridine rings is 1. The minimum absolute atomic E-state index is 0.0298. The monoisotopic (exact) mass is 313 g/mol. The Morgan fingerprint density at radius 1 is 1.32 bits per heavy atom. The molecule has 2 rings (SSSR count). The molecule has 0 saturated carbocycles. The maximum Gasteiger partial charge on any atom is 0.354 e. The van der Waals surface area contributed by atoms with Crippen LogP contribution in [-0.2, 0) is 5.75 Å². The molecule has 3 nitrogen and oxygen atoms in total. The number of halogens is 2. The Kier molecular flexibility index (Phi) is 4.69. The topological polar surface area (TPSA) is 50.2 Å². The van der Waals surface area contributed by atoms with Crippen molar-refractivity contribution in [2.75, 3.05) is 0 Å². The van der Waals surface area contributed by atoms with Crippen molar-refractivity contribution in [3.8, 4) is 0 Å². The average Bonchev–Trinajstić information content (AvgIpc) is 2.41. The Labute approximate surface area is 124 Å². The lowest BCUT2D eigenvalue weighted by Crippen LogP contribution is -1.99. The number of carboxylic acids is 1. The van der Waals surface area contributed by atoms with E-state index < -0.39 is 5.97 Å². The summed E-state index contributed by atoms with van der Waals surface area (Å²) in [5.41, 5.74) is 0.940. The predicted molar refractivity (Wildman–Crippen MR) is 77.2 cm³/mol. The Balaban J connectivity index is 2.12. The van der Waals surface area contributed by atoms with Crippen LogP contribution in [0.25, 0.3) is 0 Å². The van der Waals surface area contributed by atoms with Gasteiger partial charge in [0.2, 0.25) is 0 Å². The molecule has 0 aliphatic carbocycles. The van der Waals surface area contributed by atoms with E-state index in [0.29, 0.717) is 15.8 Å². The fraction of sp³-hybridized carbons (Fsp3) is 0.0769. The number of carbonyl (C=O) groups is 1. The molecule has 2 aromatic rings. The lowest BCUT2D eigenvalue weighted by atomic mass is 10.2. The fourth-order valence-corrected chi connectivity index (χ4v) is 2.82. The van der Waals surface area contributed by atoms with Gasteiger partial charge in [-0.05, 0) is 23.8 Å². The molecule has 1 heterocycles. The normalized spacial score (nSPS) is 10.4. The maximum atomic E-state index is 10.8. The Morgan fingerprint density at radius 2 is 2.11 bits per heavy atom. The second kappa shape index (κ2) is 6.28. The van der Waals surface area contributed by atoms with Crippen molar-refractivity contribution in [3.63, 3.8) is 0 Å². The highest BCUT2D eigenvalue weighted by molar-refractivity contribution is 7.98. The van der Waals surface area contributed by atoms with Gasteiger partial charge in [-0.15, -0.1) is 11.8 Å². The van der Waals surface area contributed by atoms with Gasteiger partial charge in [0.05, 0.1) is 10.0 Å². The zero-order valence-electron chi connectivity index (χ0n) is 9.64. The van der Waals surface area contributed by atoms with Crippen LogP contribution in [0.4, 0.5) is 0 Å². The summed E-state index contributed by atoms with van der Waals surface area (Å²) in [7, 11) is 0. The molecule has 0 aliphatic heterocycles. The molecular weight excluding hydrogens is 305 g/mol. The van der Waals surface area contributed by atoms with Crippen LogP contribution >= 0.6 is 35.0 Å². The van der Waals surface area contributed by atoms with E-state index in [4.69, 9.17) is 28.3 Å². The van der Waals surface area contributed by atoms with E-state index in [-0.39, 0.29) is 5.69 Å². The largest absolute Gasteiger partial charge is 0.477 e. The van der Waals surface area contributed by atoms with Gasteiger partial charge >= 0.3 is 5.97 Å². The van der Waals surface area contributed by atoms with E-state index in [2.05, 4.69) is 4.98 Å². The van der Waals surface area contributed by atoms with Gasteiger partial charge in [0.1, 0.15) is 5.69 Å². The summed E-state index contributed by atoms with van der Waals surface area (Å²) in [6, 6.07) is 8.74.